The van der Waals surface area contributed by atoms with E-state index in [9.17, 15) is 15.0 Å². The zero-order valence-corrected chi connectivity index (χ0v) is 10.7. The molecule has 0 radical (unpaired) electrons. The van der Waals surface area contributed by atoms with Crippen LogP contribution in [-0.4, -0.2) is 33.1 Å². The Morgan fingerprint density at radius 2 is 2.17 bits per heavy atom. The molecule has 1 heterocycles. The molecule has 0 saturated carbocycles. The molecular weight excluding hydrogens is 254 g/mol. The number of hydrogen-bond donors (Lipinski definition) is 4. The Morgan fingerprint density at radius 3 is 2.72 bits per heavy atom. The number of carbonyl (C=O) groups is 1. The number of carboxylic acid groups (broad SMARTS) is 1. The maximum atomic E-state index is 10.8. The van der Waals surface area contributed by atoms with Crippen molar-refractivity contribution in [1.82, 2.24) is 5.32 Å². The topological polar surface area (TPSA) is 89.8 Å². The Hall–Kier alpha value is -1.40. The van der Waals surface area contributed by atoms with Crippen molar-refractivity contribution in [2.75, 3.05) is 5.75 Å². The second kappa shape index (κ2) is 5.07. The summed E-state index contributed by atoms with van der Waals surface area (Å²) in [5.41, 5.74) is 1.20. The van der Waals surface area contributed by atoms with Gasteiger partial charge in [0.2, 0.25) is 0 Å². The third kappa shape index (κ3) is 2.39. The largest absolute Gasteiger partial charge is 0.508 e. The van der Waals surface area contributed by atoms with Crippen molar-refractivity contribution < 1.29 is 20.1 Å². The molecule has 1 aliphatic rings. The average Bonchev–Trinajstić information content (AvgIpc) is 2.81. The van der Waals surface area contributed by atoms with Crippen LogP contribution < -0.4 is 5.32 Å². The standard InChI is InChI=1S/C12H15NO4S/c1-2-6-3-10(15)7(4-9(6)14)11-13-8(5-18-11)12(16)17/h3-4,8,11,13-15H,2,5H2,1H3,(H,16,17). The van der Waals surface area contributed by atoms with Crippen LogP contribution in [-0.2, 0) is 11.2 Å². The highest BCUT2D eigenvalue weighted by Gasteiger charge is 2.32. The van der Waals surface area contributed by atoms with Crippen molar-refractivity contribution in [3.05, 3.63) is 23.3 Å². The first-order valence-electron chi connectivity index (χ1n) is 5.68. The van der Waals surface area contributed by atoms with Gasteiger partial charge in [0.05, 0.1) is 5.37 Å². The van der Waals surface area contributed by atoms with Crippen LogP contribution in [0, 0.1) is 0 Å². The summed E-state index contributed by atoms with van der Waals surface area (Å²) in [6, 6.07) is 2.41. The van der Waals surface area contributed by atoms with Gasteiger partial charge >= 0.3 is 5.97 Å². The summed E-state index contributed by atoms with van der Waals surface area (Å²) in [7, 11) is 0. The van der Waals surface area contributed by atoms with Gasteiger partial charge < -0.3 is 15.3 Å². The molecule has 1 aromatic rings. The smallest absolute Gasteiger partial charge is 0.321 e. The fourth-order valence-corrected chi connectivity index (χ4v) is 3.18. The average molecular weight is 269 g/mol. The van der Waals surface area contributed by atoms with Gasteiger partial charge in [0, 0.05) is 11.3 Å². The lowest BCUT2D eigenvalue weighted by atomic mass is 10.1. The Bertz CT molecular complexity index is 477. The maximum absolute atomic E-state index is 10.8. The minimum absolute atomic E-state index is 0.0840. The predicted molar refractivity (Wildman–Crippen MR) is 68.9 cm³/mol. The summed E-state index contributed by atoms with van der Waals surface area (Å²) >= 11 is 1.41. The molecule has 2 unspecified atom stereocenters. The van der Waals surface area contributed by atoms with E-state index in [-0.39, 0.29) is 16.9 Å². The van der Waals surface area contributed by atoms with E-state index >= 15 is 0 Å². The summed E-state index contributed by atoms with van der Waals surface area (Å²) in [5.74, 6) is -0.249. The second-order valence-corrected chi connectivity index (χ2v) is 5.30. The van der Waals surface area contributed by atoms with Crippen molar-refractivity contribution >= 4 is 17.7 Å². The van der Waals surface area contributed by atoms with Gasteiger partial charge in [-0.25, -0.2) is 0 Å². The normalized spacial score (nSPS) is 23.2. The molecule has 0 amide bonds. The van der Waals surface area contributed by atoms with Crippen molar-refractivity contribution in [2.24, 2.45) is 0 Å². The lowest BCUT2D eigenvalue weighted by molar-refractivity contribution is -0.138. The first-order valence-corrected chi connectivity index (χ1v) is 6.73. The minimum atomic E-state index is -0.904. The summed E-state index contributed by atoms with van der Waals surface area (Å²) in [6.07, 6.45) is 0.628. The lowest BCUT2D eigenvalue weighted by Crippen LogP contribution is -2.33. The van der Waals surface area contributed by atoms with Crippen LogP contribution in [0.5, 0.6) is 11.5 Å². The first-order chi connectivity index (χ1) is 8.52. The SMILES string of the molecule is CCc1cc(O)c(C2NC(C(=O)O)CS2)cc1O. The molecule has 98 valence electrons. The molecule has 1 saturated heterocycles. The van der Waals surface area contributed by atoms with E-state index < -0.39 is 12.0 Å². The zero-order valence-electron chi connectivity index (χ0n) is 9.88. The van der Waals surface area contributed by atoms with Crippen LogP contribution in [0.4, 0.5) is 0 Å². The molecular formula is C12H15NO4S. The van der Waals surface area contributed by atoms with E-state index in [0.717, 1.165) is 0 Å². The number of phenols is 2. The van der Waals surface area contributed by atoms with Gasteiger partial charge in [-0.2, -0.15) is 0 Å². The highest BCUT2D eigenvalue weighted by Crippen LogP contribution is 2.40. The summed E-state index contributed by atoms with van der Waals surface area (Å²) < 4.78 is 0. The first kappa shape index (κ1) is 13.0. The molecule has 1 aromatic carbocycles. The van der Waals surface area contributed by atoms with Crippen LogP contribution in [0.15, 0.2) is 12.1 Å². The third-order valence-electron chi connectivity index (χ3n) is 2.97. The predicted octanol–water partition coefficient (Wildman–Crippen LogP) is 1.45. The number of aromatic hydroxyl groups is 2. The van der Waals surface area contributed by atoms with Crippen LogP contribution in [0.2, 0.25) is 0 Å². The Morgan fingerprint density at radius 1 is 1.44 bits per heavy atom. The summed E-state index contributed by atoms with van der Waals surface area (Å²) in [5, 5.41) is 31.2. The number of nitrogens with one attached hydrogen (secondary N) is 1. The van der Waals surface area contributed by atoms with Gasteiger partial charge in [0.15, 0.2) is 0 Å². The molecule has 0 bridgehead atoms. The second-order valence-electron chi connectivity index (χ2n) is 4.16. The monoisotopic (exact) mass is 269 g/mol. The molecule has 2 atom stereocenters. The number of hydrogen-bond acceptors (Lipinski definition) is 5. The lowest BCUT2D eigenvalue weighted by Gasteiger charge is -2.15. The Balaban J connectivity index is 2.25. The van der Waals surface area contributed by atoms with E-state index in [2.05, 4.69) is 5.32 Å². The van der Waals surface area contributed by atoms with E-state index in [1.54, 1.807) is 0 Å². The highest BCUT2D eigenvalue weighted by atomic mass is 32.2. The van der Waals surface area contributed by atoms with Gasteiger partial charge in [0.1, 0.15) is 17.5 Å². The van der Waals surface area contributed by atoms with E-state index in [1.165, 1.54) is 23.9 Å². The fourth-order valence-electron chi connectivity index (χ4n) is 1.92. The number of aryl methyl sites for hydroxylation is 1. The molecule has 1 aliphatic heterocycles. The number of phenolic OH excluding ortho intramolecular Hbond substituents is 2. The zero-order chi connectivity index (χ0) is 13.3. The van der Waals surface area contributed by atoms with Gasteiger partial charge in [-0.1, -0.05) is 6.92 Å². The summed E-state index contributed by atoms with van der Waals surface area (Å²) in [6.45, 7) is 1.89. The van der Waals surface area contributed by atoms with Crippen molar-refractivity contribution in [2.45, 2.75) is 24.8 Å². The molecule has 0 aromatic heterocycles. The Labute approximate surface area is 109 Å². The van der Waals surface area contributed by atoms with Crippen molar-refractivity contribution in [3.8, 4) is 11.5 Å². The molecule has 6 heteroatoms. The molecule has 0 spiro atoms. The van der Waals surface area contributed by atoms with Crippen LogP contribution in [0.1, 0.15) is 23.4 Å². The van der Waals surface area contributed by atoms with E-state index in [1.807, 2.05) is 6.92 Å². The van der Waals surface area contributed by atoms with Crippen LogP contribution in [0.25, 0.3) is 0 Å². The molecule has 0 aliphatic carbocycles. The van der Waals surface area contributed by atoms with Crippen molar-refractivity contribution in [3.63, 3.8) is 0 Å². The number of carboxylic acids is 1. The molecule has 2 rings (SSSR count). The Kier molecular flexibility index (Phi) is 3.68. The number of benzene rings is 1. The van der Waals surface area contributed by atoms with Gasteiger partial charge in [-0.15, -0.1) is 11.8 Å². The summed E-state index contributed by atoms with van der Waals surface area (Å²) in [4.78, 5) is 10.8. The molecule has 1 fully saturated rings. The van der Waals surface area contributed by atoms with Gasteiger partial charge in [0.25, 0.3) is 0 Å². The van der Waals surface area contributed by atoms with E-state index in [0.29, 0.717) is 23.3 Å². The molecule has 5 nitrogen and oxygen atoms in total. The number of rotatable bonds is 3. The van der Waals surface area contributed by atoms with Crippen molar-refractivity contribution in [1.29, 1.82) is 0 Å². The fraction of sp³-hybridized carbons (Fsp3) is 0.417. The molecule has 4 N–H and O–H groups in total. The van der Waals surface area contributed by atoms with Gasteiger partial charge in [-0.3, -0.25) is 10.1 Å². The highest BCUT2D eigenvalue weighted by molar-refractivity contribution is 7.99. The third-order valence-corrected chi connectivity index (χ3v) is 4.22. The number of thioether (sulfide) groups is 1. The van der Waals surface area contributed by atoms with E-state index in [4.69, 9.17) is 5.11 Å². The van der Waals surface area contributed by atoms with Gasteiger partial charge in [-0.05, 0) is 24.1 Å². The van der Waals surface area contributed by atoms with Crippen LogP contribution >= 0.6 is 11.8 Å². The van der Waals surface area contributed by atoms with Crippen LogP contribution in [0.3, 0.4) is 0 Å². The quantitative estimate of drug-likeness (QED) is 0.621. The maximum Gasteiger partial charge on any atom is 0.321 e. The number of aliphatic carboxylic acids is 1. The molecule has 18 heavy (non-hydrogen) atoms. The minimum Gasteiger partial charge on any atom is -0.508 e.